The molecule has 0 spiro atoms. The zero-order valence-electron chi connectivity index (χ0n) is 7.63. The van der Waals surface area contributed by atoms with Crippen molar-refractivity contribution in [1.82, 2.24) is 0 Å². The summed E-state index contributed by atoms with van der Waals surface area (Å²) in [4.78, 5) is 0. The van der Waals surface area contributed by atoms with Crippen molar-refractivity contribution in [2.75, 3.05) is 0 Å². The normalized spacial score (nSPS) is 8.07. The Labute approximate surface area is 104 Å². The van der Waals surface area contributed by atoms with Gasteiger partial charge in [-0.3, -0.25) is 0 Å². The van der Waals surface area contributed by atoms with Crippen LogP contribution in [0.4, 0.5) is 0 Å². The Morgan fingerprint density at radius 3 is 1.93 bits per heavy atom. The fourth-order valence-corrected chi connectivity index (χ4v) is 1.35. The fourth-order valence-electron chi connectivity index (χ4n) is 0.898. The van der Waals surface area contributed by atoms with Gasteiger partial charge in [-0.2, -0.15) is 18.7 Å². The first-order chi connectivity index (χ1) is 6.34. The topological polar surface area (TPSA) is 0 Å². The minimum absolute atomic E-state index is 0. The van der Waals surface area contributed by atoms with E-state index in [1.807, 2.05) is 54.6 Å². The van der Waals surface area contributed by atoms with E-state index in [9.17, 15) is 0 Å². The van der Waals surface area contributed by atoms with Crippen molar-refractivity contribution in [2.24, 2.45) is 0 Å². The van der Waals surface area contributed by atoms with Crippen molar-refractivity contribution in [3.63, 3.8) is 0 Å². The van der Waals surface area contributed by atoms with Gasteiger partial charge < -0.3 is 30.3 Å². The third kappa shape index (κ3) is 4.61. The van der Waals surface area contributed by atoms with E-state index in [0.29, 0.717) is 0 Å². The van der Waals surface area contributed by atoms with E-state index in [4.69, 9.17) is 0 Å². The van der Waals surface area contributed by atoms with Crippen LogP contribution >= 0.6 is 15.9 Å². The van der Waals surface area contributed by atoms with E-state index in [2.05, 4.69) is 22.5 Å². The van der Waals surface area contributed by atoms with Gasteiger partial charge in [-0.15, -0.1) is 17.7 Å². The van der Waals surface area contributed by atoms with Gasteiger partial charge >= 0.3 is 0 Å². The predicted octanol–water partition coefficient (Wildman–Crippen LogP) is 4.21. The second-order valence-corrected chi connectivity index (χ2v) is 3.35. The van der Waals surface area contributed by atoms with Crippen LogP contribution in [0.15, 0.2) is 59.6 Å². The van der Waals surface area contributed by atoms with Crippen LogP contribution in [0.5, 0.6) is 0 Å². The standard InChI is InChI=1S/C7H6Br.C5H5.Fe/c1-2-6-4-3-5-7(6)8;1-2-4-5-3-1;/h2-5H,1H2;1-5H;/q-1;-5;. The molecule has 14 heavy (non-hydrogen) atoms. The van der Waals surface area contributed by atoms with Gasteiger partial charge in [-0.1, -0.05) is 20.4 Å². The zero-order chi connectivity index (χ0) is 9.52. The van der Waals surface area contributed by atoms with Crippen LogP contribution in [-0.4, -0.2) is 0 Å². The molecule has 80 valence electrons. The van der Waals surface area contributed by atoms with Crippen LogP contribution < -0.4 is 0 Å². The van der Waals surface area contributed by atoms with Gasteiger partial charge in [0.25, 0.3) is 0 Å². The van der Waals surface area contributed by atoms with E-state index in [0.717, 1.165) is 10.0 Å². The van der Waals surface area contributed by atoms with E-state index >= 15 is 0 Å². The average molecular weight is 291 g/mol. The molecule has 0 saturated carbocycles. The molecule has 0 radical (unpaired) electrons. The van der Waals surface area contributed by atoms with Gasteiger partial charge in [-0.05, 0) is 0 Å². The summed E-state index contributed by atoms with van der Waals surface area (Å²) < 4.78 is 1.12. The summed E-state index contributed by atoms with van der Waals surface area (Å²) in [7, 11) is 0. The average Bonchev–Trinajstić information content (AvgIpc) is 2.76. The summed E-state index contributed by atoms with van der Waals surface area (Å²) in [6.45, 7) is 3.63. The molecule has 0 bridgehead atoms. The molecule has 0 nitrogen and oxygen atoms in total. The quantitative estimate of drug-likeness (QED) is 0.545. The monoisotopic (exact) mass is 290 g/mol. The number of halogens is 1. The van der Waals surface area contributed by atoms with Crippen LogP contribution in [-0.2, 0) is 17.1 Å². The molecule has 0 unspecified atom stereocenters. The molecule has 0 heterocycles. The van der Waals surface area contributed by atoms with Crippen LogP contribution in [0.25, 0.3) is 6.08 Å². The van der Waals surface area contributed by atoms with Crippen molar-refractivity contribution in [1.29, 1.82) is 0 Å². The summed E-state index contributed by atoms with van der Waals surface area (Å²) in [5.41, 5.74) is 1.16. The first kappa shape index (κ1) is 13.4. The van der Waals surface area contributed by atoms with Gasteiger partial charge in [0.15, 0.2) is 0 Å². The smallest absolute Gasteiger partial charge is 0 e. The van der Waals surface area contributed by atoms with E-state index in [1.165, 1.54) is 0 Å². The SMILES string of the molecule is C=C[c-]1cccc1Br.[Fe].[cH-]1[cH-][cH-][cH-][cH-]1. The Balaban J connectivity index is 0.000000246. The molecule has 0 aromatic heterocycles. The maximum absolute atomic E-state index is 3.63. The number of rotatable bonds is 1. The van der Waals surface area contributed by atoms with Crippen molar-refractivity contribution in [3.05, 3.63) is 65.1 Å². The van der Waals surface area contributed by atoms with Crippen LogP contribution in [0.1, 0.15) is 5.56 Å². The molecule has 0 atom stereocenters. The molecule has 0 N–H and O–H groups in total. The van der Waals surface area contributed by atoms with Gasteiger partial charge in [-0.25, -0.2) is 0 Å². The third-order valence-electron chi connectivity index (χ3n) is 1.57. The fraction of sp³-hybridized carbons (Fsp3) is 0. The predicted molar refractivity (Wildman–Crippen MR) is 61.9 cm³/mol. The molecule has 0 aliphatic heterocycles. The Hall–Kier alpha value is -0.561. The minimum Gasteiger partial charge on any atom is -0.748 e. The van der Waals surface area contributed by atoms with Gasteiger partial charge in [0.05, 0.1) is 0 Å². The summed E-state index contributed by atoms with van der Waals surface area (Å²) in [5.74, 6) is 0. The Kier molecular flexibility index (Phi) is 7.49. The van der Waals surface area contributed by atoms with Crippen LogP contribution in [0.2, 0.25) is 0 Å². The minimum atomic E-state index is 0. The van der Waals surface area contributed by atoms with E-state index < -0.39 is 0 Å². The number of hydrogen-bond donors (Lipinski definition) is 0. The second-order valence-electron chi connectivity index (χ2n) is 2.50. The first-order valence-corrected chi connectivity index (χ1v) is 4.84. The zero-order valence-corrected chi connectivity index (χ0v) is 10.3. The molecule has 0 aliphatic rings. The summed E-state index contributed by atoms with van der Waals surface area (Å²) in [6, 6.07) is 16.0. The molecule has 0 saturated heterocycles. The molecule has 0 aliphatic carbocycles. The molecular formula is C12H11BrFe-6. The Morgan fingerprint density at radius 1 is 1.21 bits per heavy atom. The van der Waals surface area contributed by atoms with E-state index in [-0.39, 0.29) is 17.1 Å². The molecule has 0 fully saturated rings. The molecular weight excluding hydrogens is 280 g/mol. The Morgan fingerprint density at radius 2 is 1.71 bits per heavy atom. The molecule has 2 aromatic carbocycles. The van der Waals surface area contributed by atoms with Crippen molar-refractivity contribution < 1.29 is 17.1 Å². The largest absolute Gasteiger partial charge is 0.748 e. The van der Waals surface area contributed by atoms with Crippen LogP contribution in [0.3, 0.4) is 0 Å². The summed E-state index contributed by atoms with van der Waals surface area (Å²) in [6.07, 6.45) is 1.82. The van der Waals surface area contributed by atoms with Crippen molar-refractivity contribution in [3.8, 4) is 0 Å². The first-order valence-electron chi connectivity index (χ1n) is 4.05. The number of hydrogen-bond acceptors (Lipinski definition) is 0. The van der Waals surface area contributed by atoms with E-state index in [1.54, 1.807) is 0 Å². The maximum Gasteiger partial charge on any atom is 0 e. The van der Waals surface area contributed by atoms with Gasteiger partial charge in [0.2, 0.25) is 0 Å². The third-order valence-corrected chi connectivity index (χ3v) is 2.29. The van der Waals surface area contributed by atoms with Crippen molar-refractivity contribution in [2.45, 2.75) is 0 Å². The van der Waals surface area contributed by atoms with Gasteiger partial charge in [0.1, 0.15) is 0 Å². The van der Waals surface area contributed by atoms with Crippen LogP contribution in [0, 0.1) is 0 Å². The molecule has 0 amide bonds. The summed E-state index contributed by atoms with van der Waals surface area (Å²) >= 11 is 3.36. The summed E-state index contributed by atoms with van der Waals surface area (Å²) in [5, 5.41) is 0. The molecule has 2 aromatic rings. The molecule has 2 rings (SSSR count). The Bertz CT molecular complexity index is 316. The van der Waals surface area contributed by atoms with Gasteiger partial charge in [0, 0.05) is 17.1 Å². The molecule has 2 heteroatoms. The second kappa shape index (κ2) is 7.81. The maximum atomic E-state index is 3.63. The van der Waals surface area contributed by atoms with Crippen molar-refractivity contribution >= 4 is 22.0 Å².